The second-order valence-electron chi connectivity index (χ2n) is 8.76. The molecule has 1 amide bonds. The first-order chi connectivity index (χ1) is 16.6. The first-order valence-electron chi connectivity index (χ1n) is 11.8. The number of benzene rings is 2. The molecule has 0 unspecified atom stereocenters. The van der Waals surface area contributed by atoms with Crippen LogP contribution in [0.4, 0.5) is 11.6 Å². The summed E-state index contributed by atoms with van der Waals surface area (Å²) < 4.78 is 2.00. The van der Waals surface area contributed by atoms with Gasteiger partial charge in [0.25, 0.3) is 0 Å². The zero-order valence-corrected chi connectivity index (χ0v) is 20.9. The number of amides is 1. The number of aryl methyl sites for hydroxylation is 1. The Morgan fingerprint density at radius 3 is 2.44 bits per heavy atom. The van der Waals surface area contributed by atoms with E-state index in [2.05, 4.69) is 51.2 Å². The molecule has 2 fully saturated rings. The summed E-state index contributed by atoms with van der Waals surface area (Å²) in [4.78, 5) is 19.6. The van der Waals surface area contributed by atoms with Crippen molar-refractivity contribution in [3.8, 4) is 5.69 Å². The highest BCUT2D eigenvalue weighted by atomic mass is 35.5. The van der Waals surface area contributed by atoms with E-state index >= 15 is 0 Å². The van der Waals surface area contributed by atoms with E-state index in [1.807, 2.05) is 33.7 Å². The molecule has 3 heterocycles. The smallest absolute Gasteiger partial charge is 0.233 e. The molecular weight excluding hydrogens is 468 g/mol. The molecule has 0 spiro atoms. The number of rotatable bonds is 6. The number of aromatic nitrogens is 3. The highest BCUT2D eigenvalue weighted by Gasteiger charge is 2.26. The maximum absolute atomic E-state index is 13.0. The summed E-state index contributed by atoms with van der Waals surface area (Å²) >= 11 is 7.97. The van der Waals surface area contributed by atoms with Gasteiger partial charge in [0.2, 0.25) is 11.9 Å². The molecule has 0 bridgehead atoms. The van der Waals surface area contributed by atoms with Gasteiger partial charge in [-0.1, -0.05) is 47.6 Å². The van der Waals surface area contributed by atoms with Gasteiger partial charge in [0.15, 0.2) is 5.16 Å². The van der Waals surface area contributed by atoms with Crippen molar-refractivity contribution < 1.29 is 4.79 Å². The van der Waals surface area contributed by atoms with Crippen LogP contribution in [-0.4, -0.2) is 70.6 Å². The van der Waals surface area contributed by atoms with E-state index in [9.17, 15) is 4.79 Å². The first-order valence-corrected chi connectivity index (χ1v) is 13.1. The van der Waals surface area contributed by atoms with Crippen LogP contribution in [0.3, 0.4) is 0 Å². The van der Waals surface area contributed by atoms with Gasteiger partial charge in [-0.05, 0) is 49.6 Å². The molecule has 0 N–H and O–H groups in total. The van der Waals surface area contributed by atoms with Crippen LogP contribution in [0, 0.1) is 6.92 Å². The van der Waals surface area contributed by atoms with Gasteiger partial charge in [0.1, 0.15) is 0 Å². The highest BCUT2D eigenvalue weighted by molar-refractivity contribution is 7.99. The number of thioether (sulfide) groups is 1. The summed E-state index contributed by atoms with van der Waals surface area (Å²) in [5.74, 6) is 1.25. The maximum Gasteiger partial charge on any atom is 0.233 e. The zero-order valence-electron chi connectivity index (χ0n) is 19.4. The summed E-state index contributed by atoms with van der Waals surface area (Å²) in [6, 6.07) is 16.3. The molecule has 5 rings (SSSR count). The molecule has 0 aliphatic carbocycles. The second-order valence-corrected chi connectivity index (χ2v) is 10.1. The van der Waals surface area contributed by atoms with Gasteiger partial charge in [0, 0.05) is 45.0 Å². The lowest BCUT2D eigenvalue weighted by Gasteiger charge is -2.36. The molecule has 0 atom stereocenters. The van der Waals surface area contributed by atoms with Gasteiger partial charge in [-0.2, -0.15) is 0 Å². The van der Waals surface area contributed by atoms with E-state index in [1.54, 1.807) is 0 Å². The molecule has 34 heavy (non-hydrogen) atoms. The summed E-state index contributed by atoms with van der Waals surface area (Å²) in [7, 11) is 0. The Morgan fingerprint density at radius 2 is 1.71 bits per heavy atom. The molecule has 2 saturated heterocycles. The van der Waals surface area contributed by atoms with Gasteiger partial charge in [0.05, 0.1) is 16.5 Å². The Bertz CT molecular complexity index is 1150. The van der Waals surface area contributed by atoms with Crippen molar-refractivity contribution in [3.05, 3.63) is 59.1 Å². The standard InChI is InChI=1S/C25H29ClN6OS/c1-19-7-6-8-20(17-19)29-13-15-30(16-14-29)23(33)18-34-25-28-27-24(31-11-4-5-12-31)32(25)22-10-3-2-9-21(22)26/h2-3,6-10,17H,4-5,11-16,18H2,1H3. The molecule has 9 heteroatoms. The molecule has 2 aliphatic rings. The lowest BCUT2D eigenvalue weighted by Crippen LogP contribution is -2.49. The maximum atomic E-state index is 13.0. The molecule has 0 saturated carbocycles. The van der Waals surface area contributed by atoms with Crippen LogP contribution in [0.5, 0.6) is 0 Å². The van der Waals surface area contributed by atoms with Crippen molar-refractivity contribution in [2.24, 2.45) is 0 Å². The number of hydrogen-bond donors (Lipinski definition) is 0. The van der Waals surface area contributed by atoms with E-state index in [0.29, 0.717) is 15.9 Å². The fourth-order valence-corrected chi connectivity index (χ4v) is 5.64. The molecule has 7 nitrogen and oxygen atoms in total. The number of carbonyl (C=O) groups excluding carboxylic acids is 1. The third-order valence-corrected chi connectivity index (χ3v) is 7.66. The van der Waals surface area contributed by atoms with E-state index in [1.165, 1.54) is 23.0 Å². The second kappa shape index (κ2) is 10.3. The van der Waals surface area contributed by atoms with Crippen LogP contribution in [0.25, 0.3) is 5.69 Å². The molecule has 1 aromatic heterocycles. The summed E-state index contributed by atoms with van der Waals surface area (Å²) in [5, 5.41) is 10.3. The molecule has 0 radical (unpaired) electrons. The Hall–Kier alpha value is -2.71. The fraction of sp³-hybridized carbons (Fsp3) is 0.400. The van der Waals surface area contributed by atoms with Crippen LogP contribution in [0.15, 0.2) is 53.7 Å². The third-order valence-electron chi connectivity index (χ3n) is 6.42. The van der Waals surface area contributed by atoms with E-state index in [-0.39, 0.29) is 5.91 Å². The minimum absolute atomic E-state index is 0.130. The number of piperazine rings is 1. The molecule has 178 valence electrons. The predicted molar refractivity (Wildman–Crippen MR) is 139 cm³/mol. The van der Waals surface area contributed by atoms with E-state index in [4.69, 9.17) is 11.6 Å². The summed E-state index contributed by atoms with van der Waals surface area (Å²) in [6.07, 6.45) is 2.29. The fourth-order valence-electron chi connectivity index (χ4n) is 4.58. The van der Waals surface area contributed by atoms with Crippen LogP contribution in [-0.2, 0) is 4.79 Å². The molecule has 2 aromatic carbocycles. The molecule has 3 aromatic rings. The number of anilines is 2. The van der Waals surface area contributed by atoms with Crippen LogP contribution in [0.1, 0.15) is 18.4 Å². The van der Waals surface area contributed by atoms with Gasteiger partial charge in [-0.25, -0.2) is 0 Å². The van der Waals surface area contributed by atoms with Crippen LogP contribution in [0.2, 0.25) is 5.02 Å². The molecular formula is C25H29ClN6OS. The van der Waals surface area contributed by atoms with Crippen molar-refractivity contribution in [1.29, 1.82) is 0 Å². The quantitative estimate of drug-likeness (QED) is 0.475. The van der Waals surface area contributed by atoms with Gasteiger partial charge < -0.3 is 14.7 Å². The van der Waals surface area contributed by atoms with Crippen molar-refractivity contribution in [2.75, 3.05) is 54.8 Å². The number of carbonyl (C=O) groups is 1. The lowest BCUT2D eigenvalue weighted by molar-refractivity contribution is -0.128. The SMILES string of the molecule is Cc1cccc(N2CCN(C(=O)CSc3nnc(N4CCCC4)n3-c3ccccc3Cl)CC2)c1. The topological polar surface area (TPSA) is 57.5 Å². The number of halogens is 1. The number of nitrogens with zero attached hydrogens (tertiary/aromatic N) is 6. The van der Waals surface area contributed by atoms with Gasteiger partial charge >= 0.3 is 0 Å². The Balaban J connectivity index is 1.26. The molecule has 2 aliphatic heterocycles. The van der Waals surface area contributed by atoms with Gasteiger partial charge in [-0.3, -0.25) is 9.36 Å². The number of para-hydroxylation sites is 1. The van der Waals surface area contributed by atoms with Crippen molar-refractivity contribution in [2.45, 2.75) is 24.9 Å². The van der Waals surface area contributed by atoms with Gasteiger partial charge in [-0.15, -0.1) is 10.2 Å². The van der Waals surface area contributed by atoms with E-state index < -0.39 is 0 Å². The van der Waals surface area contributed by atoms with Crippen molar-refractivity contribution >= 4 is 40.9 Å². The minimum atomic E-state index is 0.130. The normalized spacial score (nSPS) is 16.4. The van der Waals surface area contributed by atoms with Crippen molar-refractivity contribution in [3.63, 3.8) is 0 Å². The minimum Gasteiger partial charge on any atom is -0.368 e. The first kappa shape index (κ1) is 23.1. The van der Waals surface area contributed by atoms with Crippen LogP contribution >= 0.6 is 23.4 Å². The Kier molecular flexibility index (Phi) is 6.97. The van der Waals surface area contributed by atoms with E-state index in [0.717, 1.165) is 63.7 Å². The average molecular weight is 497 g/mol. The average Bonchev–Trinajstić information content (AvgIpc) is 3.53. The lowest BCUT2D eigenvalue weighted by atomic mass is 10.2. The monoisotopic (exact) mass is 496 g/mol. The Morgan fingerprint density at radius 1 is 0.941 bits per heavy atom. The van der Waals surface area contributed by atoms with Crippen LogP contribution < -0.4 is 9.80 Å². The summed E-state index contributed by atoms with van der Waals surface area (Å²) in [6.45, 7) is 7.16. The summed E-state index contributed by atoms with van der Waals surface area (Å²) in [5.41, 5.74) is 3.32. The van der Waals surface area contributed by atoms with Crippen molar-refractivity contribution in [1.82, 2.24) is 19.7 Å². The largest absolute Gasteiger partial charge is 0.368 e. The highest BCUT2D eigenvalue weighted by Crippen LogP contribution is 2.32. The third kappa shape index (κ3) is 4.88. The Labute approximate surface area is 209 Å². The zero-order chi connectivity index (χ0) is 23.5. The number of hydrogen-bond acceptors (Lipinski definition) is 6. The predicted octanol–water partition coefficient (Wildman–Crippen LogP) is 4.27.